The van der Waals surface area contributed by atoms with Crippen molar-refractivity contribution in [3.63, 3.8) is 0 Å². The molecule has 96 valence electrons. The van der Waals surface area contributed by atoms with Gasteiger partial charge < -0.3 is 15.1 Å². The molecule has 1 aromatic carbocycles. The first-order chi connectivity index (χ1) is 8.65. The van der Waals surface area contributed by atoms with Gasteiger partial charge >= 0.3 is 6.09 Å². The molecule has 2 aliphatic rings. The molecule has 2 N–H and O–H groups in total. The van der Waals surface area contributed by atoms with Crippen molar-refractivity contribution >= 4 is 6.09 Å². The van der Waals surface area contributed by atoms with E-state index < -0.39 is 6.09 Å². The van der Waals surface area contributed by atoms with Crippen molar-refractivity contribution < 1.29 is 15.0 Å². The molecule has 1 aliphatic heterocycles. The summed E-state index contributed by atoms with van der Waals surface area (Å²) in [5.41, 5.74) is 1.16. The molecule has 2 unspecified atom stereocenters. The standard InChI is InChI=1S/C14H17NO3/c16-12-3-1-2-9(6-12)13-10-4-5-11(13)8-15(7-10)14(17)18/h1-3,6,10-11,13,16H,4-5,7-8H2,(H,17,18). The number of carboxylic acid groups (broad SMARTS) is 1. The number of piperidine rings is 1. The van der Waals surface area contributed by atoms with Gasteiger partial charge in [0.1, 0.15) is 5.75 Å². The highest BCUT2D eigenvalue weighted by Crippen LogP contribution is 2.48. The van der Waals surface area contributed by atoms with E-state index in [-0.39, 0.29) is 0 Å². The van der Waals surface area contributed by atoms with Gasteiger partial charge in [-0.3, -0.25) is 0 Å². The summed E-state index contributed by atoms with van der Waals surface area (Å²) in [5, 5.41) is 18.7. The quantitative estimate of drug-likeness (QED) is 0.801. The van der Waals surface area contributed by atoms with Gasteiger partial charge in [-0.2, -0.15) is 0 Å². The lowest BCUT2D eigenvalue weighted by molar-refractivity contribution is 0.108. The molecule has 1 saturated carbocycles. The summed E-state index contributed by atoms with van der Waals surface area (Å²) < 4.78 is 0. The van der Waals surface area contributed by atoms with Crippen molar-refractivity contribution in [2.24, 2.45) is 11.8 Å². The molecule has 0 spiro atoms. The van der Waals surface area contributed by atoms with E-state index in [1.165, 1.54) is 0 Å². The number of hydrogen-bond donors (Lipinski definition) is 2. The fraction of sp³-hybridized carbons (Fsp3) is 0.500. The zero-order valence-corrected chi connectivity index (χ0v) is 10.1. The minimum atomic E-state index is -0.804. The molecule has 4 heteroatoms. The van der Waals surface area contributed by atoms with Crippen LogP contribution in [0.15, 0.2) is 24.3 Å². The Morgan fingerprint density at radius 1 is 1.22 bits per heavy atom. The van der Waals surface area contributed by atoms with E-state index in [1.807, 2.05) is 18.2 Å². The number of amides is 1. The van der Waals surface area contributed by atoms with Crippen LogP contribution >= 0.6 is 0 Å². The highest BCUT2D eigenvalue weighted by atomic mass is 16.4. The van der Waals surface area contributed by atoms with Crippen LogP contribution < -0.4 is 0 Å². The zero-order chi connectivity index (χ0) is 12.7. The lowest BCUT2D eigenvalue weighted by atomic mass is 9.80. The van der Waals surface area contributed by atoms with E-state index in [2.05, 4.69) is 0 Å². The normalized spacial score (nSPS) is 30.4. The average molecular weight is 247 g/mol. The maximum Gasteiger partial charge on any atom is 0.407 e. The number of fused-ring (bicyclic) bond motifs is 2. The topological polar surface area (TPSA) is 60.8 Å². The van der Waals surface area contributed by atoms with E-state index >= 15 is 0 Å². The van der Waals surface area contributed by atoms with Crippen molar-refractivity contribution in [1.29, 1.82) is 0 Å². The number of carbonyl (C=O) groups is 1. The van der Waals surface area contributed by atoms with E-state index in [9.17, 15) is 9.90 Å². The number of nitrogens with zero attached hydrogens (tertiary/aromatic N) is 1. The van der Waals surface area contributed by atoms with Gasteiger partial charge in [0.05, 0.1) is 0 Å². The van der Waals surface area contributed by atoms with Crippen LogP contribution in [0.25, 0.3) is 0 Å². The first-order valence-electron chi connectivity index (χ1n) is 6.42. The average Bonchev–Trinajstić information content (AvgIpc) is 2.59. The first kappa shape index (κ1) is 11.4. The summed E-state index contributed by atoms with van der Waals surface area (Å²) in [4.78, 5) is 12.6. The molecule has 0 radical (unpaired) electrons. The lowest BCUT2D eigenvalue weighted by Gasteiger charge is -2.36. The van der Waals surface area contributed by atoms with Crippen LogP contribution in [0.2, 0.25) is 0 Å². The maximum atomic E-state index is 11.1. The Bertz CT molecular complexity index is 460. The second-order valence-corrected chi connectivity index (χ2v) is 5.41. The monoisotopic (exact) mass is 247 g/mol. The smallest absolute Gasteiger partial charge is 0.407 e. The van der Waals surface area contributed by atoms with Gasteiger partial charge in [-0.05, 0) is 48.3 Å². The number of hydrogen-bond acceptors (Lipinski definition) is 2. The van der Waals surface area contributed by atoms with Gasteiger partial charge in [-0.25, -0.2) is 4.79 Å². The number of phenols is 1. The largest absolute Gasteiger partial charge is 0.508 e. The van der Waals surface area contributed by atoms with Gasteiger partial charge in [-0.1, -0.05) is 12.1 Å². The summed E-state index contributed by atoms with van der Waals surface area (Å²) in [6.45, 7) is 1.26. The van der Waals surface area contributed by atoms with Crippen molar-refractivity contribution in [2.45, 2.75) is 18.8 Å². The summed E-state index contributed by atoms with van der Waals surface area (Å²) in [5.74, 6) is 1.52. The van der Waals surface area contributed by atoms with Gasteiger partial charge in [0, 0.05) is 13.1 Å². The molecule has 1 aromatic rings. The molecule has 1 aliphatic carbocycles. The molecule has 1 amide bonds. The van der Waals surface area contributed by atoms with E-state index in [0.717, 1.165) is 18.4 Å². The summed E-state index contributed by atoms with van der Waals surface area (Å²) in [7, 11) is 0. The predicted molar refractivity (Wildman–Crippen MR) is 66.7 cm³/mol. The van der Waals surface area contributed by atoms with E-state index in [0.29, 0.717) is 36.6 Å². The maximum absolute atomic E-state index is 11.1. The Morgan fingerprint density at radius 2 is 1.89 bits per heavy atom. The molecule has 18 heavy (non-hydrogen) atoms. The number of likely N-dealkylation sites (tertiary alicyclic amines) is 1. The van der Waals surface area contributed by atoms with Crippen LogP contribution in [0.1, 0.15) is 24.3 Å². The third kappa shape index (κ3) is 1.82. The van der Waals surface area contributed by atoms with Crippen molar-refractivity contribution in [3.8, 4) is 5.75 Å². The zero-order valence-electron chi connectivity index (χ0n) is 10.1. The SMILES string of the molecule is O=C(O)N1CC2CCC(C1)C2c1cccc(O)c1. The highest BCUT2D eigenvalue weighted by molar-refractivity contribution is 5.65. The molecule has 0 aromatic heterocycles. The van der Waals surface area contributed by atoms with Crippen LogP contribution in [0, 0.1) is 11.8 Å². The van der Waals surface area contributed by atoms with Crippen molar-refractivity contribution in [2.75, 3.05) is 13.1 Å². The molecule has 2 bridgehead atoms. The number of benzene rings is 1. The molecule has 1 saturated heterocycles. The van der Waals surface area contributed by atoms with Gasteiger partial charge in [0.15, 0.2) is 0 Å². The fourth-order valence-electron chi connectivity index (χ4n) is 3.66. The second kappa shape index (κ2) is 4.19. The minimum absolute atomic E-state index is 0.299. The Balaban J connectivity index is 1.86. The Kier molecular flexibility index (Phi) is 2.65. The summed E-state index contributed by atoms with van der Waals surface area (Å²) >= 11 is 0. The second-order valence-electron chi connectivity index (χ2n) is 5.41. The molecular formula is C14H17NO3. The molecule has 3 rings (SSSR count). The molecule has 2 fully saturated rings. The van der Waals surface area contributed by atoms with Gasteiger partial charge in [0.2, 0.25) is 0 Å². The van der Waals surface area contributed by atoms with E-state index in [4.69, 9.17) is 5.11 Å². The number of phenolic OH excluding ortho intramolecular Hbond substituents is 1. The molecule has 1 heterocycles. The van der Waals surface area contributed by atoms with Gasteiger partial charge in [-0.15, -0.1) is 0 Å². The third-order valence-electron chi connectivity index (χ3n) is 4.36. The molecule has 4 nitrogen and oxygen atoms in total. The highest BCUT2D eigenvalue weighted by Gasteiger charge is 2.43. The first-order valence-corrected chi connectivity index (χ1v) is 6.42. The summed E-state index contributed by atoms with van der Waals surface area (Å²) in [6, 6.07) is 7.42. The lowest BCUT2D eigenvalue weighted by Crippen LogP contribution is -2.43. The fourth-order valence-corrected chi connectivity index (χ4v) is 3.66. The van der Waals surface area contributed by atoms with Crippen molar-refractivity contribution in [1.82, 2.24) is 4.90 Å². The third-order valence-corrected chi connectivity index (χ3v) is 4.36. The number of rotatable bonds is 1. The van der Waals surface area contributed by atoms with E-state index in [1.54, 1.807) is 11.0 Å². The molecular weight excluding hydrogens is 230 g/mol. The predicted octanol–water partition coefficient (Wildman–Crippen LogP) is 2.50. The van der Waals surface area contributed by atoms with Crippen LogP contribution in [0.3, 0.4) is 0 Å². The Labute approximate surface area is 106 Å². The number of aromatic hydroxyl groups is 1. The minimum Gasteiger partial charge on any atom is -0.508 e. The Morgan fingerprint density at radius 3 is 2.44 bits per heavy atom. The van der Waals surface area contributed by atoms with Gasteiger partial charge in [0.25, 0.3) is 0 Å². The Hall–Kier alpha value is -1.71. The molecule has 2 atom stereocenters. The van der Waals surface area contributed by atoms with Crippen LogP contribution in [-0.4, -0.2) is 34.3 Å². The van der Waals surface area contributed by atoms with Crippen LogP contribution in [-0.2, 0) is 0 Å². The van der Waals surface area contributed by atoms with Crippen LogP contribution in [0.4, 0.5) is 4.79 Å². The summed E-state index contributed by atoms with van der Waals surface area (Å²) in [6.07, 6.45) is 1.38. The van der Waals surface area contributed by atoms with Crippen molar-refractivity contribution in [3.05, 3.63) is 29.8 Å². The van der Waals surface area contributed by atoms with Crippen LogP contribution in [0.5, 0.6) is 5.75 Å².